The molecular formula is C23H23BrN4OS2. The highest BCUT2D eigenvalue weighted by Crippen LogP contribution is 2.25. The number of aryl methyl sites for hydroxylation is 2. The highest BCUT2D eigenvalue weighted by molar-refractivity contribution is 9.10. The fourth-order valence-corrected chi connectivity index (χ4v) is 3.91. The van der Waals surface area contributed by atoms with Gasteiger partial charge < -0.3 is 15.4 Å². The molecule has 0 radical (unpaired) electrons. The Hall–Kier alpha value is -2.68. The van der Waals surface area contributed by atoms with Gasteiger partial charge in [-0.2, -0.15) is 0 Å². The normalized spacial score (nSPS) is 10.2. The first-order chi connectivity index (χ1) is 14.9. The average molecular weight is 516 g/mol. The fourth-order valence-electron chi connectivity index (χ4n) is 2.90. The van der Waals surface area contributed by atoms with E-state index in [9.17, 15) is 0 Å². The topological polar surface area (TPSA) is 57.3 Å². The van der Waals surface area contributed by atoms with E-state index < -0.39 is 0 Å². The van der Waals surface area contributed by atoms with Crippen molar-refractivity contribution in [2.75, 3.05) is 10.6 Å². The van der Waals surface area contributed by atoms with Crippen molar-refractivity contribution in [3.8, 4) is 5.75 Å². The predicted octanol–water partition coefficient (Wildman–Crippen LogP) is 5.83. The van der Waals surface area contributed by atoms with Crippen LogP contribution in [-0.4, -0.2) is 10.2 Å². The lowest BCUT2D eigenvalue weighted by atomic mass is 10.1. The summed E-state index contributed by atoms with van der Waals surface area (Å²) in [5, 5.41) is 7.11. The maximum atomic E-state index is 5.80. The van der Waals surface area contributed by atoms with Crippen molar-refractivity contribution in [2.45, 2.75) is 20.5 Å². The number of rotatable bonds is 5. The van der Waals surface area contributed by atoms with Crippen LogP contribution in [0.4, 0.5) is 11.4 Å². The molecule has 0 fully saturated rings. The van der Waals surface area contributed by atoms with Gasteiger partial charge in [0, 0.05) is 15.8 Å². The average Bonchev–Trinajstić information content (AvgIpc) is 2.75. The van der Waals surface area contributed by atoms with Gasteiger partial charge in [-0.1, -0.05) is 46.3 Å². The Morgan fingerprint density at radius 2 is 1.42 bits per heavy atom. The van der Waals surface area contributed by atoms with Gasteiger partial charge in [-0.3, -0.25) is 10.9 Å². The lowest BCUT2D eigenvalue weighted by molar-refractivity contribution is 0.306. The zero-order chi connectivity index (χ0) is 22.2. The maximum Gasteiger partial charge on any atom is 0.189 e. The van der Waals surface area contributed by atoms with Crippen LogP contribution >= 0.6 is 40.4 Å². The third kappa shape index (κ3) is 7.20. The largest absolute Gasteiger partial charge is 0.489 e. The molecule has 0 aliphatic heterocycles. The minimum Gasteiger partial charge on any atom is -0.489 e. The van der Waals surface area contributed by atoms with Crippen LogP contribution in [0, 0.1) is 13.8 Å². The molecular weight excluding hydrogens is 492 g/mol. The molecule has 0 saturated carbocycles. The summed E-state index contributed by atoms with van der Waals surface area (Å²) in [5.41, 5.74) is 10.9. The predicted molar refractivity (Wildman–Crippen MR) is 140 cm³/mol. The number of benzene rings is 3. The second kappa shape index (κ2) is 11.1. The van der Waals surface area contributed by atoms with E-state index in [4.69, 9.17) is 29.2 Å². The SMILES string of the molecule is Cc1cc(Br)cc(C)c1NC(=S)NNC(=S)Nc1ccc(OCc2ccccc2)cc1. The Morgan fingerprint density at radius 1 is 0.839 bits per heavy atom. The van der Waals surface area contributed by atoms with Crippen molar-refractivity contribution in [3.05, 3.63) is 87.9 Å². The Balaban J connectivity index is 1.44. The lowest BCUT2D eigenvalue weighted by Crippen LogP contribution is -2.45. The van der Waals surface area contributed by atoms with Gasteiger partial charge in [-0.25, -0.2) is 0 Å². The number of hydrogen-bond acceptors (Lipinski definition) is 3. The molecule has 0 heterocycles. The Morgan fingerprint density at radius 3 is 2.03 bits per heavy atom. The van der Waals surface area contributed by atoms with Crippen LogP contribution in [0.2, 0.25) is 0 Å². The zero-order valence-electron chi connectivity index (χ0n) is 17.2. The maximum absolute atomic E-state index is 5.80. The third-order valence-corrected chi connectivity index (χ3v) is 5.25. The molecule has 0 saturated heterocycles. The molecule has 0 aromatic heterocycles. The molecule has 5 nitrogen and oxygen atoms in total. The summed E-state index contributed by atoms with van der Waals surface area (Å²) >= 11 is 14.2. The molecule has 0 amide bonds. The first-order valence-corrected chi connectivity index (χ1v) is 11.2. The number of ether oxygens (including phenoxy) is 1. The summed E-state index contributed by atoms with van der Waals surface area (Å²) in [5.74, 6) is 0.789. The van der Waals surface area contributed by atoms with E-state index in [1.807, 2.05) is 80.6 Å². The number of hydrazine groups is 1. The van der Waals surface area contributed by atoms with Crippen LogP contribution in [-0.2, 0) is 6.61 Å². The fraction of sp³-hybridized carbons (Fsp3) is 0.130. The lowest BCUT2D eigenvalue weighted by Gasteiger charge is -2.17. The van der Waals surface area contributed by atoms with Crippen LogP contribution < -0.4 is 26.2 Å². The monoisotopic (exact) mass is 514 g/mol. The molecule has 0 aliphatic rings. The minimum atomic E-state index is 0.395. The summed E-state index contributed by atoms with van der Waals surface area (Å²) in [7, 11) is 0. The van der Waals surface area contributed by atoms with Crippen LogP contribution in [0.15, 0.2) is 71.2 Å². The molecule has 3 aromatic carbocycles. The van der Waals surface area contributed by atoms with Gasteiger partial charge in [0.1, 0.15) is 12.4 Å². The Kier molecular flexibility index (Phi) is 8.22. The molecule has 3 aromatic rings. The number of nitrogens with one attached hydrogen (secondary N) is 4. The summed E-state index contributed by atoms with van der Waals surface area (Å²) in [4.78, 5) is 0. The summed E-state index contributed by atoms with van der Waals surface area (Å²) in [6.45, 7) is 4.57. The van der Waals surface area contributed by atoms with Crippen molar-refractivity contribution in [1.82, 2.24) is 10.9 Å². The number of hydrogen-bond donors (Lipinski definition) is 4. The van der Waals surface area contributed by atoms with Gasteiger partial charge in [0.15, 0.2) is 10.2 Å². The van der Waals surface area contributed by atoms with E-state index in [0.29, 0.717) is 16.8 Å². The van der Waals surface area contributed by atoms with Crippen LogP contribution in [0.3, 0.4) is 0 Å². The summed E-state index contributed by atoms with van der Waals surface area (Å²) < 4.78 is 6.83. The molecule has 0 aliphatic carbocycles. The summed E-state index contributed by atoms with van der Waals surface area (Å²) in [6.07, 6.45) is 0. The first-order valence-electron chi connectivity index (χ1n) is 9.58. The van der Waals surface area contributed by atoms with Crippen molar-refractivity contribution in [2.24, 2.45) is 0 Å². The van der Waals surface area contributed by atoms with E-state index >= 15 is 0 Å². The molecule has 0 unspecified atom stereocenters. The molecule has 0 spiro atoms. The van der Waals surface area contributed by atoms with E-state index in [0.717, 1.165) is 38.3 Å². The van der Waals surface area contributed by atoms with Crippen molar-refractivity contribution in [3.63, 3.8) is 0 Å². The van der Waals surface area contributed by atoms with Gasteiger partial charge in [0.25, 0.3) is 0 Å². The van der Waals surface area contributed by atoms with Gasteiger partial charge in [0.2, 0.25) is 0 Å². The van der Waals surface area contributed by atoms with E-state index in [1.54, 1.807) is 0 Å². The van der Waals surface area contributed by atoms with Crippen LogP contribution in [0.1, 0.15) is 16.7 Å². The Bertz CT molecular complexity index is 1040. The summed E-state index contributed by atoms with van der Waals surface area (Å²) in [6, 6.07) is 21.7. The molecule has 0 atom stereocenters. The zero-order valence-corrected chi connectivity index (χ0v) is 20.4. The number of thiocarbonyl (C=S) groups is 2. The second-order valence-corrected chi connectivity index (χ2v) is 8.60. The molecule has 4 N–H and O–H groups in total. The first kappa shape index (κ1) is 23.0. The Labute approximate surface area is 201 Å². The van der Waals surface area contributed by atoms with Gasteiger partial charge in [-0.05, 0) is 91.4 Å². The highest BCUT2D eigenvalue weighted by Gasteiger charge is 2.07. The van der Waals surface area contributed by atoms with Crippen LogP contribution in [0.25, 0.3) is 0 Å². The second-order valence-electron chi connectivity index (χ2n) is 6.87. The number of anilines is 2. The minimum absolute atomic E-state index is 0.395. The molecule has 31 heavy (non-hydrogen) atoms. The van der Waals surface area contributed by atoms with Gasteiger partial charge in [0.05, 0.1) is 0 Å². The van der Waals surface area contributed by atoms with Gasteiger partial charge in [-0.15, -0.1) is 0 Å². The van der Waals surface area contributed by atoms with Crippen molar-refractivity contribution < 1.29 is 4.74 Å². The molecule has 0 bridgehead atoms. The van der Waals surface area contributed by atoms with Gasteiger partial charge >= 0.3 is 0 Å². The van der Waals surface area contributed by atoms with Crippen molar-refractivity contribution >= 4 is 62.0 Å². The van der Waals surface area contributed by atoms with E-state index in [-0.39, 0.29) is 0 Å². The van der Waals surface area contributed by atoms with Crippen LogP contribution in [0.5, 0.6) is 5.75 Å². The standard InChI is InChI=1S/C23H23BrN4OS2/c1-15-12-18(24)13-16(2)21(15)26-23(31)28-27-22(30)25-19-8-10-20(11-9-19)29-14-17-6-4-3-5-7-17/h3-13H,14H2,1-2H3,(H2,25,27,30)(H2,26,28,31). The third-order valence-electron chi connectivity index (χ3n) is 4.39. The molecule has 3 rings (SSSR count). The van der Waals surface area contributed by atoms with E-state index in [1.165, 1.54) is 0 Å². The van der Waals surface area contributed by atoms with Crippen molar-refractivity contribution in [1.29, 1.82) is 0 Å². The highest BCUT2D eigenvalue weighted by atomic mass is 79.9. The smallest absolute Gasteiger partial charge is 0.189 e. The number of halogens is 1. The molecule has 8 heteroatoms. The quantitative estimate of drug-likeness (QED) is 0.252. The van der Waals surface area contributed by atoms with E-state index in [2.05, 4.69) is 37.4 Å². The molecule has 160 valence electrons.